The number of ether oxygens (including phenoxy) is 4. The standard InChI is InChI=1S/C12H22O3.C10H18O4.4CH4/c1-6-11(7-2)15-10(5)8-14-12(13)9(3)4;1-4-9(6-11)14-8(3)7-13-10(12)5-2;;;;/h10-11H,3,6-8H2,1-2,4-5H3;5,8-9,11H,2,4,6-7H2,1,3H3;4*1H4. The predicted octanol–water partition coefficient (Wildman–Crippen LogP) is 6.14. The van der Waals surface area contributed by atoms with Gasteiger partial charge in [-0.1, -0.05) is 63.6 Å². The molecule has 0 aliphatic carbocycles. The van der Waals surface area contributed by atoms with E-state index in [2.05, 4.69) is 27.0 Å². The number of aliphatic hydroxyl groups is 1. The summed E-state index contributed by atoms with van der Waals surface area (Å²) < 4.78 is 20.8. The number of aliphatic hydroxyl groups excluding tert-OH is 1. The van der Waals surface area contributed by atoms with Crippen molar-refractivity contribution in [3.8, 4) is 0 Å². The highest BCUT2D eigenvalue weighted by Gasteiger charge is 2.13. The van der Waals surface area contributed by atoms with Crippen molar-refractivity contribution in [2.75, 3.05) is 19.8 Å². The van der Waals surface area contributed by atoms with E-state index >= 15 is 0 Å². The molecule has 0 aromatic heterocycles. The van der Waals surface area contributed by atoms with Crippen LogP contribution in [-0.4, -0.2) is 61.3 Å². The zero-order chi connectivity index (χ0) is 22.8. The maximum atomic E-state index is 11.1. The molecule has 0 aromatic carbocycles. The van der Waals surface area contributed by atoms with Gasteiger partial charge < -0.3 is 24.1 Å². The van der Waals surface area contributed by atoms with Crippen LogP contribution in [0.25, 0.3) is 0 Å². The molecule has 0 heterocycles. The first-order valence-corrected chi connectivity index (χ1v) is 10.2. The van der Waals surface area contributed by atoms with Gasteiger partial charge in [-0.15, -0.1) is 0 Å². The van der Waals surface area contributed by atoms with Gasteiger partial charge in [0.15, 0.2) is 0 Å². The topological polar surface area (TPSA) is 91.3 Å². The molecule has 0 aromatic rings. The Bertz CT molecular complexity index is 469. The number of esters is 2. The molecule has 0 radical (unpaired) electrons. The lowest BCUT2D eigenvalue weighted by Gasteiger charge is -2.19. The molecule has 0 saturated carbocycles. The Morgan fingerprint density at radius 1 is 0.848 bits per heavy atom. The van der Waals surface area contributed by atoms with Crippen LogP contribution >= 0.6 is 0 Å². The molecule has 33 heavy (non-hydrogen) atoms. The highest BCUT2D eigenvalue weighted by Crippen LogP contribution is 2.07. The van der Waals surface area contributed by atoms with Crippen LogP contribution in [0.2, 0.25) is 0 Å². The van der Waals surface area contributed by atoms with Gasteiger partial charge in [0.25, 0.3) is 0 Å². The zero-order valence-electron chi connectivity index (χ0n) is 18.9. The van der Waals surface area contributed by atoms with Crippen molar-refractivity contribution < 1.29 is 33.6 Å². The third kappa shape index (κ3) is 26.4. The third-order valence-corrected chi connectivity index (χ3v) is 3.84. The summed E-state index contributed by atoms with van der Waals surface area (Å²) in [5.74, 6) is -0.813. The molecule has 7 nitrogen and oxygen atoms in total. The minimum absolute atomic E-state index is 0. The molecule has 0 fully saturated rings. The van der Waals surface area contributed by atoms with Crippen LogP contribution in [-0.2, 0) is 28.5 Å². The minimum atomic E-state index is -0.461. The van der Waals surface area contributed by atoms with Crippen LogP contribution in [0.4, 0.5) is 0 Å². The van der Waals surface area contributed by atoms with Crippen molar-refractivity contribution in [1.82, 2.24) is 0 Å². The van der Waals surface area contributed by atoms with E-state index in [1.807, 2.05) is 13.8 Å². The second-order valence-electron chi connectivity index (χ2n) is 6.76. The van der Waals surface area contributed by atoms with Crippen LogP contribution in [0.3, 0.4) is 0 Å². The molecule has 0 bridgehead atoms. The molecule has 3 atom stereocenters. The van der Waals surface area contributed by atoms with Crippen LogP contribution in [0.15, 0.2) is 24.8 Å². The summed E-state index contributed by atoms with van der Waals surface area (Å²) in [5.41, 5.74) is 0.421. The minimum Gasteiger partial charge on any atom is -0.460 e. The van der Waals surface area contributed by atoms with Gasteiger partial charge in [-0.3, -0.25) is 0 Å². The van der Waals surface area contributed by atoms with Crippen molar-refractivity contribution in [2.24, 2.45) is 0 Å². The fourth-order valence-corrected chi connectivity index (χ4v) is 2.06. The first-order chi connectivity index (χ1) is 13.6. The molecule has 0 amide bonds. The quantitative estimate of drug-likeness (QED) is 0.236. The van der Waals surface area contributed by atoms with E-state index in [-0.39, 0.29) is 73.3 Å². The summed E-state index contributed by atoms with van der Waals surface area (Å²) in [4.78, 5) is 21.8. The van der Waals surface area contributed by atoms with Crippen molar-refractivity contribution >= 4 is 11.9 Å². The highest BCUT2D eigenvalue weighted by atomic mass is 16.6. The normalized spacial score (nSPS) is 11.9. The molecule has 0 spiro atoms. The summed E-state index contributed by atoms with van der Waals surface area (Å²) in [5, 5.41) is 8.85. The number of carbonyl (C=O) groups excluding carboxylic acids is 2. The van der Waals surface area contributed by atoms with Gasteiger partial charge in [0.05, 0.1) is 31.0 Å². The van der Waals surface area contributed by atoms with Crippen molar-refractivity contribution in [3.63, 3.8) is 0 Å². The maximum Gasteiger partial charge on any atom is 0.333 e. The Labute approximate surface area is 205 Å². The molecule has 0 aliphatic rings. The maximum absolute atomic E-state index is 11.1. The average molecular weight is 481 g/mol. The van der Waals surface area contributed by atoms with E-state index in [1.54, 1.807) is 13.8 Å². The van der Waals surface area contributed by atoms with E-state index in [9.17, 15) is 9.59 Å². The van der Waals surface area contributed by atoms with Crippen LogP contribution in [0, 0.1) is 0 Å². The Balaban J connectivity index is -0.0000000987. The smallest absolute Gasteiger partial charge is 0.333 e. The molecule has 0 aliphatic heterocycles. The summed E-state index contributed by atoms with van der Waals surface area (Å²) in [6, 6.07) is 0. The van der Waals surface area contributed by atoms with Gasteiger partial charge in [-0.05, 0) is 40.0 Å². The van der Waals surface area contributed by atoms with Crippen molar-refractivity contribution in [2.45, 2.75) is 115 Å². The zero-order valence-corrected chi connectivity index (χ0v) is 18.9. The largest absolute Gasteiger partial charge is 0.460 e. The number of rotatable bonds is 14. The predicted molar refractivity (Wildman–Crippen MR) is 140 cm³/mol. The van der Waals surface area contributed by atoms with Crippen LogP contribution < -0.4 is 0 Å². The molecule has 0 saturated heterocycles. The molecular formula is C26H56O7. The van der Waals surface area contributed by atoms with Gasteiger partial charge in [-0.25, -0.2) is 9.59 Å². The lowest BCUT2D eigenvalue weighted by atomic mass is 10.2. The Morgan fingerprint density at radius 3 is 1.58 bits per heavy atom. The summed E-state index contributed by atoms with van der Waals surface area (Å²) in [6.45, 7) is 18.7. The van der Waals surface area contributed by atoms with Gasteiger partial charge in [0.2, 0.25) is 0 Å². The number of carbonyl (C=O) groups is 2. The van der Waals surface area contributed by atoms with E-state index in [4.69, 9.17) is 24.1 Å². The first kappa shape index (κ1) is 44.9. The molecule has 202 valence electrons. The van der Waals surface area contributed by atoms with Gasteiger partial charge >= 0.3 is 11.9 Å². The molecule has 3 unspecified atom stereocenters. The monoisotopic (exact) mass is 480 g/mol. The lowest BCUT2D eigenvalue weighted by Crippen LogP contribution is -2.26. The summed E-state index contributed by atoms with van der Waals surface area (Å²) in [6.07, 6.45) is 3.60. The van der Waals surface area contributed by atoms with E-state index in [1.165, 1.54) is 0 Å². The van der Waals surface area contributed by atoms with E-state index in [0.717, 1.165) is 25.3 Å². The van der Waals surface area contributed by atoms with Crippen molar-refractivity contribution in [1.29, 1.82) is 0 Å². The SMILES string of the molecule is C.C.C.C.C=C(C)C(=O)OCC(C)OC(CC)CC.C=CC(=O)OCC(C)OC(CC)CO. The first-order valence-electron chi connectivity index (χ1n) is 10.2. The molecular weight excluding hydrogens is 424 g/mol. The molecule has 0 rings (SSSR count). The van der Waals surface area contributed by atoms with Gasteiger partial charge in [0.1, 0.15) is 13.2 Å². The fraction of sp³-hybridized carbons (Fsp3) is 0.769. The molecule has 7 heteroatoms. The highest BCUT2D eigenvalue weighted by molar-refractivity contribution is 5.86. The lowest BCUT2D eigenvalue weighted by molar-refractivity contribution is -0.144. The number of hydrogen-bond donors (Lipinski definition) is 1. The van der Waals surface area contributed by atoms with E-state index in [0.29, 0.717) is 12.2 Å². The van der Waals surface area contributed by atoms with Crippen LogP contribution in [0.5, 0.6) is 0 Å². The average Bonchev–Trinajstić information content (AvgIpc) is 2.72. The van der Waals surface area contributed by atoms with Gasteiger partial charge in [0, 0.05) is 11.6 Å². The number of hydrogen-bond acceptors (Lipinski definition) is 7. The van der Waals surface area contributed by atoms with Gasteiger partial charge in [-0.2, -0.15) is 0 Å². The van der Waals surface area contributed by atoms with Crippen LogP contribution in [0.1, 0.15) is 90.5 Å². The Kier molecular flexibility index (Phi) is 38.5. The summed E-state index contributed by atoms with van der Waals surface area (Å²) >= 11 is 0. The Hall–Kier alpha value is -1.70. The second kappa shape index (κ2) is 28.3. The third-order valence-electron chi connectivity index (χ3n) is 3.84. The molecule has 1 N–H and O–H groups in total. The summed E-state index contributed by atoms with van der Waals surface area (Å²) in [7, 11) is 0. The van der Waals surface area contributed by atoms with E-state index < -0.39 is 5.97 Å². The fourth-order valence-electron chi connectivity index (χ4n) is 2.06. The second-order valence-corrected chi connectivity index (χ2v) is 6.76. The Morgan fingerprint density at radius 2 is 1.24 bits per heavy atom. The van der Waals surface area contributed by atoms with Crippen molar-refractivity contribution in [3.05, 3.63) is 24.8 Å².